The first kappa shape index (κ1) is 15.8. The lowest BCUT2D eigenvalue weighted by molar-refractivity contribution is -0.00993. The maximum atomic E-state index is 12.0. The van der Waals surface area contributed by atoms with Crippen molar-refractivity contribution in [1.82, 2.24) is 20.0 Å². The second-order valence-corrected chi connectivity index (χ2v) is 6.53. The lowest BCUT2D eigenvalue weighted by atomic mass is 10.0. The van der Waals surface area contributed by atoms with Gasteiger partial charge in [-0.1, -0.05) is 6.07 Å². The monoisotopic (exact) mass is 316 g/mol. The molecular weight excluding hydrogens is 292 g/mol. The van der Waals surface area contributed by atoms with Gasteiger partial charge in [-0.15, -0.1) is 0 Å². The van der Waals surface area contributed by atoms with E-state index in [9.17, 15) is 4.79 Å². The van der Waals surface area contributed by atoms with Gasteiger partial charge in [0.1, 0.15) is 5.65 Å². The maximum absolute atomic E-state index is 12.0. The van der Waals surface area contributed by atoms with Gasteiger partial charge in [-0.2, -0.15) is 0 Å². The van der Waals surface area contributed by atoms with Crippen molar-refractivity contribution in [2.75, 3.05) is 13.7 Å². The Morgan fingerprint density at radius 1 is 1.39 bits per heavy atom. The molecule has 6 nitrogen and oxygen atoms in total. The summed E-state index contributed by atoms with van der Waals surface area (Å²) in [5.74, 6) is 0.550. The van der Waals surface area contributed by atoms with E-state index in [1.165, 1.54) is 18.4 Å². The average Bonchev–Trinajstić information content (AvgIpc) is 3.32. The quantitative estimate of drug-likeness (QED) is 0.859. The molecule has 1 aliphatic rings. The van der Waals surface area contributed by atoms with E-state index < -0.39 is 0 Å². The van der Waals surface area contributed by atoms with Crippen molar-refractivity contribution in [3.05, 3.63) is 35.8 Å². The Labute approximate surface area is 136 Å². The number of ether oxygens (including phenoxy) is 1. The zero-order chi connectivity index (χ0) is 16.4. The summed E-state index contributed by atoms with van der Waals surface area (Å²) in [5.41, 5.74) is 2.62. The van der Waals surface area contributed by atoms with Crippen LogP contribution in [0.5, 0.6) is 0 Å². The molecule has 124 valence electrons. The highest BCUT2D eigenvalue weighted by Crippen LogP contribution is 2.41. The lowest BCUT2D eigenvalue weighted by Gasteiger charge is -2.28. The molecule has 0 spiro atoms. The van der Waals surface area contributed by atoms with Gasteiger partial charge in [-0.05, 0) is 44.2 Å². The summed E-state index contributed by atoms with van der Waals surface area (Å²) in [5, 5.41) is 5.75. The molecule has 1 fully saturated rings. The predicted octanol–water partition coefficient (Wildman–Crippen LogP) is 2.26. The molecule has 2 heterocycles. The molecule has 1 saturated carbocycles. The van der Waals surface area contributed by atoms with E-state index in [2.05, 4.69) is 22.5 Å². The highest BCUT2D eigenvalue weighted by Gasteiger charge is 2.41. The Kier molecular flexibility index (Phi) is 4.26. The summed E-state index contributed by atoms with van der Waals surface area (Å²) in [6.45, 7) is 5.01. The highest BCUT2D eigenvalue weighted by atomic mass is 16.5. The van der Waals surface area contributed by atoms with Gasteiger partial charge in [0.2, 0.25) is 0 Å². The Morgan fingerprint density at radius 2 is 2.17 bits per heavy atom. The fourth-order valence-corrected chi connectivity index (χ4v) is 2.81. The third-order valence-corrected chi connectivity index (χ3v) is 4.59. The van der Waals surface area contributed by atoms with Crippen LogP contribution in [0.1, 0.15) is 31.0 Å². The summed E-state index contributed by atoms with van der Waals surface area (Å²) < 4.78 is 7.54. The van der Waals surface area contributed by atoms with Crippen molar-refractivity contribution in [1.29, 1.82) is 0 Å². The van der Waals surface area contributed by atoms with Crippen molar-refractivity contribution >= 4 is 11.7 Å². The molecule has 0 aliphatic heterocycles. The first-order valence-electron chi connectivity index (χ1n) is 8.01. The molecule has 1 atom stereocenters. The van der Waals surface area contributed by atoms with Crippen LogP contribution in [0, 0.1) is 12.8 Å². The second kappa shape index (κ2) is 6.20. The van der Waals surface area contributed by atoms with E-state index in [4.69, 9.17) is 4.74 Å². The van der Waals surface area contributed by atoms with Crippen LogP contribution in [-0.4, -0.2) is 34.7 Å². The number of pyridine rings is 1. The van der Waals surface area contributed by atoms with Gasteiger partial charge in [-0.3, -0.25) is 0 Å². The number of urea groups is 1. The van der Waals surface area contributed by atoms with E-state index in [1.807, 2.05) is 35.9 Å². The van der Waals surface area contributed by atoms with Crippen LogP contribution < -0.4 is 10.6 Å². The number of hydrogen-bond donors (Lipinski definition) is 2. The molecular formula is C17H24N4O2. The fourth-order valence-electron chi connectivity index (χ4n) is 2.81. The molecule has 1 unspecified atom stereocenters. The summed E-state index contributed by atoms with van der Waals surface area (Å²) in [4.78, 5) is 16.5. The molecule has 6 heteroatoms. The molecule has 3 rings (SSSR count). The summed E-state index contributed by atoms with van der Waals surface area (Å²) in [6.07, 6.45) is 6.31. The molecule has 2 aromatic heterocycles. The number of hydrogen-bond acceptors (Lipinski definition) is 3. The Balaban J connectivity index is 1.51. The standard InChI is InChI=1S/C17H24N4O2/c1-12-4-7-15-20-14(10-21(15)9-12)8-18-16(22)19-11-17(2,23-3)13-5-6-13/h4,7,9-10,13H,5-6,8,11H2,1-3H3,(H2,18,19,22). The van der Waals surface area contributed by atoms with Gasteiger partial charge >= 0.3 is 6.03 Å². The molecule has 1 aliphatic carbocycles. The Morgan fingerprint density at radius 3 is 2.87 bits per heavy atom. The first-order chi connectivity index (χ1) is 11.0. The predicted molar refractivity (Wildman–Crippen MR) is 88.3 cm³/mol. The van der Waals surface area contributed by atoms with Crippen LogP contribution >= 0.6 is 0 Å². The Bertz CT molecular complexity index is 708. The largest absolute Gasteiger partial charge is 0.376 e. The summed E-state index contributed by atoms with van der Waals surface area (Å²) in [6, 6.07) is 3.80. The number of nitrogens with one attached hydrogen (secondary N) is 2. The molecule has 0 saturated heterocycles. The van der Waals surface area contributed by atoms with Crippen LogP contribution in [-0.2, 0) is 11.3 Å². The minimum absolute atomic E-state index is 0.192. The van der Waals surface area contributed by atoms with Gasteiger partial charge in [0, 0.05) is 26.0 Å². The third-order valence-electron chi connectivity index (χ3n) is 4.59. The molecule has 2 amide bonds. The van der Waals surface area contributed by atoms with Gasteiger partial charge in [0.25, 0.3) is 0 Å². The number of methoxy groups -OCH3 is 1. The zero-order valence-corrected chi connectivity index (χ0v) is 13.9. The van der Waals surface area contributed by atoms with Crippen LogP contribution in [0.4, 0.5) is 4.79 Å². The summed E-state index contributed by atoms with van der Waals surface area (Å²) >= 11 is 0. The van der Waals surface area contributed by atoms with Crippen molar-refractivity contribution in [2.45, 2.75) is 38.8 Å². The van der Waals surface area contributed by atoms with E-state index in [0.717, 1.165) is 11.3 Å². The van der Waals surface area contributed by atoms with Gasteiger partial charge in [-0.25, -0.2) is 9.78 Å². The number of amides is 2. The SMILES string of the molecule is COC(C)(CNC(=O)NCc1cn2cc(C)ccc2n1)C1CC1. The van der Waals surface area contributed by atoms with Crippen molar-refractivity contribution in [3.63, 3.8) is 0 Å². The number of carbonyl (C=O) groups excluding carboxylic acids is 1. The minimum Gasteiger partial charge on any atom is -0.376 e. The Hall–Kier alpha value is -2.08. The molecule has 2 aromatic rings. The van der Waals surface area contributed by atoms with E-state index in [-0.39, 0.29) is 11.6 Å². The molecule has 0 aromatic carbocycles. The number of fused-ring (bicyclic) bond motifs is 1. The second-order valence-electron chi connectivity index (χ2n) is 6.53. The molecule has 0 bridgehead atoms. The van der Waals surface area contributed by atoms with Crippen molar-refractivity contribution in [3.8, 4) is 0 Å². The van der Waals surface area contributed by atoms with Gasteiger partial charge < -0.3 is 19.8 Å². The van der Waals surface area contributed by atoms with Crippen LogP contribution in [0.3, 0.4) is 0 Å². The number of rotatable bonds is 6. The molecule has 0 radical (unpaired) electrons. The molecule has 2 N–H and O–H groups in total. The zero-order valence-electron chi connectivity index (χ0n) is 13.9. The fraction of sp³-hybridized carbons (Fsp3) is 0.529. The first-order valence-corrected chi connectivity index (χ1v) is 8.01. The van der Waals surface area contributed by atoms with Crippen LogP contribution in [0.25, 0.3) is 5.65 Å². The van der Waals surface area contributed by atoms with Crippen molar-refractivity contribution in [2.24, 2.45) is 5.92 Å². The van der Waals surface area contributed by atoms with E-state index in [1.54, 1.807) is 7.11 Å². The topological polar surface area (TPSA) is 67.7 Å². The lowest BCUT2D eigenvalue weighted by Crippen LogP contribution is -2.46. The highest BCUT2D eigenvalue weighted by molar-refractivity contribution is 5.73. The van der Waals surface area contributed by atoms with Crippen LogP contribution in [0.15, 0.2) is 24.5 Å². The molecule has 23 heavy (non-hydrogen) atoms. The van der Waals surface area contributed by atoms with Crippen LogP contribution in [0.2, 0.25) is 0 Å². The van der Waals surface area contributed by atoms with E-state index in [0.29, 0.717) is 19.0 Å². The smallest absolute Gasteiger partial charge is 0.315 e. The normalized spacial score (nSPS) is 17.0. The maximum Gasteiger partial charge on any atom is 0.315 e. The average molecular weight is 316 g/mol. The number of aromatic nitrogens is 2. The minimum atomic E-state index is -0.266. The van der Waals surface area contributed by atoms with Crippen molar-refractivity contribution < 1.29 is 9.53 Å². The number of aryl methyl sites for hydroxylation is 1. The van der Waals surface area contributed by atoms with E-state index >= 15 is 0 Å². The number of nitrogens with zero attached hydrogens (tertiary/aromatic N) is 2. The van der Waals surface area contributed by atoms with Gasteiger partial charge in [0.15, 0.2) is 0 Å². The number of imidazole rings is 1. The third kappa shape index (κ3) is 3.64. The summed E-state index contributed by atoms with van der Waals surface area (Å²) in [7, 11) is 1.70. The number of carbonyl (C=O) groups is 1. The van der Waals surface area contributed by atoms with Gasteiger partial charge in [0.05, 0.1) is 17.8 Å².